The van der Waals surface area contributed by atoms with Crippen molar-refractivity contribution in [2.24, 2.45) is 17.3 Å². The monoisotopic (exact) mass is 744 g/mol. The van der Waals surface area contributed by atoms with Crippen molar-refractivity contribution >= 4 is 40.0 Å². The first-order valence-electron chi connectivity index (χ1n) is 16.0. The summed E-state index contributed by atoms with van der Waals surface area (Å²) in [6.07, 6.45) is 7.43. The summed E-state index contributed by atoms with van der Waals surface area (Å²) >= 11 is 0. The van der Waals surface area contributed by atoms with Crippen LogP contribution in [0, 0.1) is 17.3 Å². The molecule has 0 saturated heterocycles. The van der Waals surface area contributed by atoms with Crippen LogP contribution in [0.1, 0.15) is 78.6 Å². The van der Waals surface area contributed by atoms with E-state index in [2.05, 4.69) is 11.5 Å². The average Bonchev–Trinajstić information content (AvgIpc) is 3.03. The van der Waals surface area contributed by atoms with Crippen LogP contribution < -0.4 is 51.4 Å². The fraction of sp³-hybridized carbons (Fsp3) is 0.719. The zero-order valence-corrected chi connectivity index (χ0v) is 33.0. The number of carbonyl (C=O) groups is 5. The van der Waals surface area contributed by atoms with Gasteiger partial charge in [0.2, 0.25) is 0 Å². The first kappa shape index (κ1) is 47.3. The summed E-state index contributed by atoms with van der Waals surface area (Å²) in [5.41, 5.74) is -1.21. The first-order chi connectivity index (χ1) is 22.7. The van der Waals surface area contributed by atoms with Gasteiger partial charge in [0.05, 0.1) is 34.0 Å². The second kappa shape index (κ2) is 26.1. The van der Waals surface area contributed by atoms with Gasteiger partial charge in [0.15, 0.2) is 0 Å². The van der Waals surface area contributed by atoms with Gasteiger partial charge in [-0.15, -0.1) is 6.58 Å². The summed E-state index contributed by atoms with van der Waals surface area (Å²) in [4.78, 5) is 72.1. The Morgan fingerprint density at radius 3 is 2.00 bits per heavy atom. The van der Waals surface area contributed by atoms with Crippen LogP contribution in [0.4, 0.5) is 0 Å². The summed E-state index contributed by atoms with van der Waals surface area (Å²) < 4.78 is 58.5. The van der Waals surface area contributed by atoms with Crippen molar-refractivity contribution in [3.05, 3.63) is 24.8 Å². The van der Waals surface area contributed by atoms with Crippen LogP contribution in [0.5, 0.6) is 0 Å². The predicted octanol–water partition coefficient (Wildman–Crippen LogP) is 0.114. The molecule has 0 aliphatic heterocycles. The van der Waals surface area contributed by atoms with E-state index >= 15 is 0 Å². The molecule has 1 fully saturated rings. The van der Waals surface area contributed by atoms with Gasteiger partial charge in [-0.25, -0.2) is 27.8 Å². The number of rotatable bonds is 24. The topological polar surface area (TPSA) is 207 Å². The molecular formula is C32H49KO15S. The van der Waals surface area contributed by atoms with E-state index in [1.165, 1.54) is 6.08 Å². The maximum Gasteiger partial charge on any atom is 1.00 e. The van der Waals surface area contributed by atoms with Crippen molar-refractivity contribution in [1.82, 2.24) is 0 Å². The zero-order chi connectivity index (χ0) is 36.0. The molecule has 15 nitrogen and oxygen atoms in total. The van der Waals surface area contributed by atoms with Crippen molar-refractivity contribution in [3.63, 3.8) is 0 Å². The van der Waals surface area contributed by atoms with Crippen LogP contribution in [-0.2, 0) is 67.6 Å². The summed E-state index contributed by atoms with van der Waals surface area (Å²) in [6, 6.07) is 0. The minimum atomic E-state index is -4.44. The van der Waals surface area contributed by atoms with Crippen molar-refractivity contribution in [2.75, 3.05) is 45.4 Å². The van der Waals surface area contributed by atoms with E-state index in [9.17, 15) is 36.9 Å². The van der Waals surface area contributed by atoms with Gasteiger partial charge in [-0.2, -0.15) is 0 Å². The van der Waals surface area contributed by atoms with Gasteiger partial charge in [0.1, 0.15) is 39.1 Å². The Kier molecular flexibility index (Phi) is 25.2. The number of esters is 5. The van der Waals surface area contributed by atoms with Gasteiger partial charge in [-0.1, -0.05) is 19.4 Å². The zero-order valence-electron chi connectivity index (χ0n) is 29.0. The van der Waals surface area contributed by atoms with Crippen molar-refractivity contribution in [1.29, 1.82) is 0 Å². The molecule has 2 unspecified atom stereocenters. The summed E-state index contributed by atoms with van der Waals surface area (Å²) in [7, 11) is -4.44. The molecule has 0 spiro atoms. The van der Waals surface area contributed by atoms with E-state index in [4.69, 9.17) is 28.6 Å². The largest absolute Gasteiger partial charge is 1.00 e. The molecule has 0 aromatic heterocycles. The van der Waals surface area contributed by atoms with E-state index in [0.717, 1.165) is 44.3 Å². The third kappa shape index (κ3) is 22.7. The molecule has 0 aromatic carbocycles. The number of ether oxygens (including phenoxy) is 5. The van der Waals surface area contributed by atoms with Crippen LogP contribution >= 0.6 is 0 Å². The fourth-order valence-electron chi connectivity index (χ4n) is 4.74. The van der Waals surface area contributed by atoms with Crippen LogP contribution in [0.2, 0.25) is 0 Å². The van der Waals surface area contributed by atoms with Crippen LogP contribution in [0.3, 0.4) is 0 Å². The molecule has 0 bridgehead atoms. The van der Waals surface area contributed by atoms with Crippen LogP contribution in [-0.4, -0.2) is 94.3 Å². The molecular weight excluding hydrogens is 696 g/mol. The second-order valence-electron chi connectivity index (χ2n) is 11.8. The third-order valence-electron chi connectivity index (χ3n) is 7.25. The van der Waals surface area contributed by atoms with Gasteiger partial charge in [-0.3, -0.25) is 14.4 Å². The molecule has 1 saturated carbocycles. The summed E-state index contributed by atoms with van der Waals surface area (Å²) in [5.74, 6) is -5.84. The van der Waals surface area contributed by atoms with Gasteiger partial charge in [0, 0.05) is 17.9 Å². The smallest absolute Gasteiger partial charge is 0.748 e. The first-order valence-corrected chi connectivity index (χ1v) is 17.6. The number of carbonyl (C=O) groups excluding carboxylic acids is 5. The molecule has 1 aliphatic carbocycles. The van der Waals surface area contributed by atoms with Crippen molar-refractivity contribution in [3.8, 4) is 0 Å². The summed E-state index contributed by atoms with van der Waals surface area (Å²) in [5, 5.41) is 0. The fourth-order valence-corrected chi connectivity index (χ4v) is 5.21. The molecule has 49 heavy (non-hydrogen) atoms. The number of hydrogen-bond acceptors (Lipinski definition) is 15. The van der Waals surface area contributed by atoms with Crippen molar-refractivity contribution < 1.29 is 122 Å². The molecule has 1 rings (SSSR count). The Morgan fingerprint density at radius 2 is 1.43 bits per heavy atom. The molecule has 17 heteroatoms. The summed E-state index contributed by atoms with van der Waals surface area (Å²) in [6.45, 7) is 7.50. The Bertz CT molecular complexity index is 1180. The van der Waals surface area contributed by atoms with Gasteiger partial charge < -0.3 is 28.2 Å². The number of hydrogen-bond donors (Lipinski definition) is 0. The maximum atomic E-state index is 13.4. The third-order valence-corrected chi connectivity index (χ3v) is 8.04. The molecule has 1 aliphatic rings. The minimum absolute atomic E-state index is 0. The van der Waals surface area contributed by atoms with Gasteiger partial charge >= 0.3 is 81.2 Å². The average molecular weight is 745 g/mol. The molecule has 0 radical (unpaired) electrons. The van der Waals surface area contributed by atoms with Crippen LogP contribution in [0.25, 0.3) is 0 Å². The SMILES string of the molecule is C=CCOOCCOC(=O)/C=C/C(=O)OCCOC(=O)C(C)(C)CC(CC(CC)C(=O)OCCCS(=O)(=O)[O-])C(=O)OC1CCCCC1.[K+]. The molecule has 2 atom stereocenters. The standard InChI is InChI=1S/C32H50O15S.K/c1-5-15-45-46-20-19-42-28(34)14-13-27(33)41-17-18-44-31(37)32(3,4)23-25(30(36)47-26-11-8-7-9-12-26)22-24(6-2)29(35)43-16-10-21-48(38,39)40;/h5,13-14,24-26H,1,6-12,15-23H2,2-4H3,(H,38,39,40);/q;+1/p-1/b14-13+;. The Morgan fingerprint density at radius 1 is 0.837 bits per heavy atom. The molecule has 0 aromatic rings. The quantitative estimate of drug-likeness (QED) is 0.0148. The van der Waals surface area contributed by atoms with E-state index in [0.29, 0.717) is 6.42 Å². The van der Waals surface area contributed by atoms with Gasteiger partial charge in [-0.05, 0) is 65.2 Å². The van der Waals surface area contributed by atoms with Crippen molar-refractivity contribution in [2.45, 2.75) is 84.7 Å². The molecule has 0 heterocycles. The van der Waals surface area contributed by atoms with E-state index in [-0.39, 0.29) is 116 Å². The Balaban J connectivity index is 0.0000230. The maximum absolute atomic E-state index is 13.4. The van der Waals surface area contributed by atoms with E-state index in [1.54, 1.807) is 20.8 Å². The van der Waals surface area contributed by atoms with E-state index in [1.807, 2.05) is 0 Å². The molecule has 274 valence electrons. The predicted molar refractivity (Wildman–Crippen MR) is 168 cm³/mol. The van der Waals surface area contributed by atoms with Gasteiger partial charge in [0.25, 0.3) is 0 Å². The second-order valence-corrected chi connectivity index (χ2v) is 13.3. The Hall–Kier alpha value is -1.70. The minimum Gasteiger partial charge on any atom is -0.748 e. The molecule has 0 N–H and O–H groups in total. The Labute approximate surface area is 331 Å². The normalized spacial score (nSPS) is 14.9. The van der Waals surface area contributed by atoms with E-state index < -0.39 is 63.0 Å². The van der Waals surface area contributed by atoms with Crippen LogP contribution in [0.15, 0.2) is 24.8 Å². The molecule has 0 amide bonds.